The Hall–Kier alpha value is -0.120. The molecule has 2 saturated heterocycles. The number of hydrogen-bond donors (Lipinski definition) is 0. The molecule has 4 fully saturated rings. The maximum Gasteiger partial charge on any atom is 0.122 e. The molecular weight excluding hydrogens is 332 g/mol. The number of ether oxygens (including phenoxy) is 1. The summed E-state index contributed by atoms with van der Waals surface area (Å²) in [7, 11) is 0. The second-order valence-corrected chi connectivity index (χ2v) is 10.6. The van der Waals surface area contributed by atoms with Gasteiger partial charge >= 0.3 is 0 Å². The molecule has 0 unspecified atom stereocenters. The van der Waals surface area contributed by atoms with E-state index < -0.39 is 0 Å². The zero-order valence-corrected chi connectivity index (χ0v) is 18.7. The van der Waals surface area contributed by atoms with Crippen molar-refractivity contribution in [3.05, 3.63) is 0 Å². The number of nitrogens with zero attached hydrogens (tertiary/aromatic N) is 2. The molecule has 3 heteroatoms. The Labute approximate surface area is 170 Å². The molecule has 0 N–H and O–H groups in total. The van der Waals surface area contributed by atoms with E-state index in [-0.39, 0.29) is 13.2 Å². The van der Waals surface area contributed by atoms with Crippen LogP contribution in [0.25, 0.3) is 0 Å². The van der Waals surface area contributed by atoms with Gasteiger partial charge in [-0.05, 0) is 78.1 Å². The van der Waals surface area contributed by atoms with Crippen LogP contribution < -0.4 is 0 Å². The molecule has 2 aliphatic carbocycles. The van der Waals surface area contributed by atoms with Crippen molar-refractivity contribution in [2.24, 2.45) is 11.8 Å². The first-order valence-corrected chi connectivity index (χ1v) is 11.3. The van der Waals surface area contributed by atoms with Crippen LogP contribution in [0.5, 0.6) is 0 Å². The zero-order chi connectivity index (χ0) is 19.3. The average Bonchev–Trinajstić information content (AvgIpc) is 3.36. The third-order valence-corrected chi connectivity index (χ3v) is 7.32. The van der Waals surface area contributed by atoms with E-state index in [0.717, 1.165) is 24.6 Å². The van der Waals surface area contributed by atoms with Crippen LogP contribution in [0, 0.1) is 11.8 Å². The molecule has 2 aliphatic heterocycles. The van der Waals surface area contributed by atoms with Gasteiger partial charge in [0.2, 0.25) is 0 Å². The molecule has 4 rings (SSSR count). The van der Waals surface area contributed by atoms with Crippen LogP contribution in [0.4, 0.5) is 0 Å². The van der Waals surface area contributed by atoms with Crippen LogP contribution in [0.3, 0.4) is 0 Å². The van der Waals surface area contributed by atoms with Crippen molar-refractivity contribution < 1.29 is 4.74 Å². The summed E-state index contributed by atoms with van der Waals surface area (Å²) in [6.07, 6.45) is 8.33. The molecule has 4 aliphatic rings. The highest BCUT2D eigenvalue weighted by Crippen LogP contribution is 2.54. The van der Waals surface area contributed by atoms with Crippen molar-refractivity contribution in [2.45, 2.75) is 137 Å². The van der Waals surface area contributed by atoms with Gasteiger partial charge in [0.05, 0.1) is 6.61 Å². The number of likely N-dealkylation sites (tertiary alicyclic amines) is 1. The Balaban J connectivity index is 0.000000187. The normalized spacial score (nSPS) is 31.1. The Kier molecular flexibility index (Phi) is 7.14. The molecule has 2 saturated carbocycles. The maximum atomic E-state index is 5.93. The largest absolute Gasteiger partial charge is 0.359 e. The van der Waals surface area contributed by atoms with Crippen LogP contribution >= 0.6 is 0 Å². The summed E-state index contributed by atoms with van der Waals surface area (Å²) in [4.78, 5) is 5.41. The monoisotopic (exact) mass is 380 g/mol. The van der Waals surface area contributed by atoms with Crippen molar-refractivity contribution in [1.29, 1.82) is 0 Å². The minimum Gasteiger partial charge on any atom is -0.359 e. The number of rotatable bonds is 4. The van der Waals surface area contributed by atoms with E-state index in [1.54, 1.807) is 0 Å². The summed E-state index contributed by atoms with van der Waals surface area (Å²) in [5.74, 6) is 1.55. The predicted molar refractivity (Wildman–Crippen MR) is 117 cm³/mol. The van der Waals surface area contributed by atoms with Gasteiger partial charge in [0.25, 0.3) is 0 Å². The molecule has 2 atom stereocenters. The SMILES string of the molecule is C.CC(C)[C@@H]1CCC2(CC2)N1C(C)C.CC(C)[C@@H]1COC2(CC2)N1C(C)C. The Morgan fingerprint density at radius 3 is 1.59 bits per heavy atom. The molecule has 2 heterocycles. The van der Waals surface area contributed by atoms with Crippen molar-refractivity contribution in [1.82, 2.24) is 9.80 Å². The van der Waals surface area contributed by atoms with Gasteiger partial charge in [-0.2, -0.15) is 0 Å². The first kappa shape index (κ1) is 23.2. The van der Waals surface area contributed by atoms with Crippen molar-refractivity contribution in [2.75, 3.05) is 6.61 Å². The maximum absolute atomic E-state index is 5.93. The highest BCUT2D eigenvalue weighted by Gasteiger charge is 2.57. The standard InChI is InChI=1S/C12H23N.C11H21NO.CH4/c1-9(2)11-5-6-12(7-8-12)13(11)10(3)4;1-8(2)10-7-13-11(5-6-11)12(10)9(3)4;/h9-11H,5-8H2,1-4H3;8-10H,5-7H2,1-4H3;1H4/t11-;10-;/m00./s1. The predicted octanol–water partition coefficient (Wildman–Crippen LogP) is 5.93. The van der Waals surface area contributed by atoms with Crippen LogP contribution in [0.1, 0.15) is 101 Å². The van der Waals surface area contributed by atoms with Gasteiger partial charge < -0.3 is 4.74 Å². The molecule has 0 amide bonds. The molecule has 0 aromatic rings. The van der Waals surface area contributed by atoms with Gasteiger partial charge in [-0.15, -0.1) is 0 Å². The van der Waals surface area contributed by atoms with Gasteiger partial charge in [-0.25, -0.2) is 0 Å². The van der Waals surface area contributed by atoms with Crippen LogP contribution in [-0.2, 0) is 4.74 Å². The molecule has 0 aromatic carbocycles. The smallest absolute Gasteiger partial charge is 0.122 e. The summed E-state index contributed by atoms with van der Waals surface area (Å²) in [6.45, 7) is 19.6. The van der Waals surface area contributed by atoms with Gasteiger partial charge in [0, 0.05) is 29.7 Å². The van der Waals surface area contributed by atoms with Crippen molar-refractivity contribution in [3.63, 3.8) is 0 Å². The van der Waals surface area contributed by atoms with E-state index in [1.807, 2.05) is 0 Å². The lowest BCUT2D eigenvalue weighted by molar-refractivity contribution is -0.0133. The van der Waals surface area contributed by atoms with E-state index in [9.17, 15) is 0 Å². The third kappa shape index (κ3) is 4.41. The fourth-order valence-corrected chi connectivity index (χ4v) is 5.85. The van der Waals surface area contributed by atoms with E-state index in [4.69, 9.17) is 4.74 Å². The fraction of sp³-hybridized carbons (Fsp3) is 1.00. The average molecular weight is 381 g/mol. The minimum atomic E-state index is 0. The Morgan fingerprint density at radius 1 is 0.704 bits per heavy atom. The van der Waals surface area contributed by atoms with E-state index in [0.29, 0.717) is 23.5 Å². The quantitative estimate of drug-likeness (QED) is 0.601. The van der Waals surface area contributed by atoms with Gasteiger partial charge in [0.15, 0.2) is 0 Å². The van der Waals surface area contributed by atoms with Crippen molar-refractivity contribution >= 4 is 0 Å². The molecule has 3 nitrogen and oxygen atoms in total. The topological polar surface area (TPSA) is 15.7 Å². The lowest BCUT2D eigenvalue weighted by atomic mass is 10.0. The first-order chi connectivity index (χ1) is 12.1. The third-order valence-electron chi connectivity index (χ3n) is 7.32. The second-order valence-electron chi connectivity index (χ2n) is 10.6. The molecule has 0 bridgehead atoms. The number of hydrogen-bond acceptors (Lipinski definition) is 3. The minimum absolute atomic E-state index is 0. The van der Waals surface area contributed by atoms with E-state index in [1.165, 1.54) is 38.5 Å². The van der Waals surface area contributed by atoms with Gasteiger partial charge in [-0.3, -0.25) is 9.80 Å². The molecule has 0 aromatic heterocycles. The Bertz CT molecular complexity index is 433. The fourth-order valence-electron chi connectivity index (χ4n) is 5.85. The highest BCUT2D eigenvalue weighted by atomic mass is 16.5. The summed E-state index contributed by atoms with van der Waals surface area (Å²) < 4.78 is 5.93. The van der Waals surface area contributed by atoms with Crippen LogP contribution in [-0.4, -0.2) is 51.8 Å². The summed E-state index contributed by atoms with van der Waals surface area (Å²) in [6, 6.07) is 2.87. The van der Waals surface area contributed by atoms with E-state index >= 15 is 0 Å². The van der Waals surface area contributed by atoms with Gasteiger partial charge in [-0.1, -0.05) is 35.1 Å². The Morgan fingerprint density at radius 2 is 1.22 bits per heavy atom. The molecule has 160 valence electrons. The zero-order valence-electron chi connectivity index (χ0n) is 18.7. The summed E-state index contributed by atoms with van der Waals surface area (Å²) in [5.41, 5.74) is 0.839. The van der Waals surface area contributed by atoms with E-state index in [2.05, 4.69) is 65.2 Å². The second kappa shape index (κ2) is 8.32. The lowest BCUT2D eigenvalue weighted by Gasteiger charge is -2.36. The van der Waals surface area contributed by atoms with Gasteiger partial charge in [0.1, 0.15) is 5.72 Å². The first-order valence-electron chi connectivity index (χ1n) is 11.3. The van der Waals surface area contributed by atoms with Crippen LogP contribution in [0.15, 0.2) is 0 Å². The van der Waals surface area contributed by atoms with Crippen molar-refractivity contribution in [3.8, 4) is 0 Å². The summed E-state index contributed by atoms with van der Waals surface area (Å²) in [5, 5.41) is 0. The van der Waals surface area contributed by atoms with Crippen LogP contribution in [0.2, 0.25) is 0 Å². The summed E-state index contributed by atoms with van der Waals surface area (Å²) >= 11 is 0. The molecule has 27 heavy (non-hydrogen) atoms. The lowest BCUT2D eigenvalue weighted by Crippen LogP contribution is -2.45. The molecule has 2 spiro atoms. The molecule has 0 radical (unpaired) electrons. The highest BCUT2D eigenvalue weighted by molar-refractivity contribution is 5.11. The molecular formula is C24H48N2O.